The lowest BCUT2D eigenvalue weighted by molar-refractivity contribution is -0.169. The van der Waals surface area contributed by atoms with Gasteiger partial charge in [-0.3, -0.25) is 14.6 Å². The van der Waals surface area contributed by atoms with E-state index >= 15 is 0 Å². The number of hydrogen-bond donors (Lipinski definition) is 0. The fourth-order valence-corrected chi connectivity index (χ4v) is 3.19. The second-order valence-corrected chi connectivity index (χ2v) is 5.64. The van der Waals surface area contributed by atoms with Crippen molar-refractivity contribution in [3.8, 4) is 0 Å². The second-order valence-electron chi connectivity index (χ2n) is 5.64. The molecule has 0 saturated carbocycles. The lowest BCUT2D eigenvalue weighted by atomic mass is 10.1. The van der Waals surface area contributed by atoms with Gasteiger partial charge >= 0.3 is 0 Å². The number of morpholine rings is 1. The maximum atomic E-state index is 12.5. The molecule has 3 heterocycles. The molecule has 3 fully saturated rings. The Bertz CT molecular complexity index is 397. The summed E-state index contributed by atoms with van der Waals surface area (Å²) >= 11 is 0. The number of ether oxygens (including phenoxy) is 1. The highest BCUT2D eigenvalue weighted by molar-refractivity contribution is 5.87. The number of carbonyl (C=O) groups excluding carboxylic acids is 2. The monoisotopic (exact) mass is 282 g/mol. The largest absolute Gasteiger partial charge is 0.379 e. The van der Waals surface area contributed by atoms with Crippen molar-refractivity contribution in [2.75, 3.05) is 45.9 Å². The fraction of sp³-hybridized carbons (Fsp3) is 0.846. The molecular weight excluding hydrogens is 260 g/mol. The summed E-state index contributed by atoms with van der Waals surface area (Å²) < 4.78 is 5.33. The number of carbonyl (C=O) groups is 2. The number of rotatable bonds is 1. The molecule has 0 spiro atoms. The Morgan fingerprint density at radius 2 is 1.70 bits per heavy atom. The summed E-state index contributed by atoms with van der Waals surface area (Å²) in [6.45, 7) is 6.05. The molecule has 7 nitrogen and oxygen atoms in total. The smallest absolute Gasteiger partial charge is 0.257 e. The van der Waals surface area contributed by atoms with Crippen LogP contribution in [0.5, 0.6) is 0 Å². The topological polar surface area (TPSA) is 56.3 Å². The highest BCUT2D eigenvalue weighted by atomic mass is 16.5. The minimum absolute atomic E-state index is 0.0221. The highest BCUT2D eigenvalue weighted by Crippen LogP contribution is 2.21. The molecule has 112 valence electrons. The van der Waals surface area contributed by atoms with Gasteiger partial charge in [0.2, 0.25) is 0 Å². The Hall–Kier alpha value is -1.18. The van der Waals surface area contributed by atoms with Crippen LogP contribution in [0.25, 0.3) is 0 Å². The summed E-state index contributed by atoms with van der Waals surface area (Å²) in [6, 6.07) is 0.116. The summed E-state index contributed by atoms with van der Waals surface area (Å²) in [5, 5.41) is 7.28. The molecule has 0 aromatic carbocycles. The second kappa shape index (κ2) is 5.67. The molecule has 0 N–H and O–H groups in total. The van der Waals surface area contributed by atoms with Crippen LogP contribution in [0.4, 0.5) is 0 Å². The fourth-order valence-electron chi connectivity index (χ4n) is 3.19. The maximum Gasteiger partial charge on any atom is 0.257 e. The lowest BCUT2D eigenvalue weighted by Crippen LogP contribution is -2.56. The van der Waals surface area contributed by atoms with E-state index in [2.05, 4.69) is 5.01 Å². The van der Waals surface area contributed by atoms with Gasteiger partial charge in [-0.25, -0.2) is 15.0 Å². The highest BCUT2D eigenvalue weighted by Gasteiger charge is 2.39. The predicted molar refractivity (Wildman–Crippen MR) is 71.2 cm³/mol. The summed E-state index contributed by atoms with van der Waals surface area (Å²) in [6.07, 6.45) is 1.93. The number of hydrogen-bond acceptors (Lipinski definition) is 5. The molecule has 3 aliphatic heterocycles. The molecule has 2 amide bonds. The summed E-state index contributed by atoms with van der Waals surface area (Å²) in [4.78, 5) is 24.9. The first-order valence-corrected chi connectivity index (χ1v) is 7.36. The van der Waals surface area contributed by atoms with E-state index in [1.54, 1.807) is 10.0 Å². The van der Waals surface area contributed by atoms with Crippen LogP contribution in [0.15, 0.2) is 0 Å². The van der Waals surface area contributed by atoms with E-state index in [-0.39, 0.29) is 30.9 Å². The molecule has 7 heteroatoms. The molecule has 0 aromatic heterocycles. The minimum atomic E-state index is 0.0221. The van der Waals surface area contributed by atoms with Gasteiger partial charge in [0.1, 0.15) is 0 Å². The van der Waals surface area contributed by atoms with Crippen molar-refractivity contribution in [2.24, 2.45) is 0 Å². The molecule has 0 bridgehead atoms. The SMILES string of the molecule is C[C@@H]1CCCN2C(=O)CN(N3CCOCC3)CC(=O)N12. The van der Waals surface area contributed by atoms with Gasteiger partial charge in [-0.05, 0) is 19.8 Å². The Morgan fingerprint density at radius 3 is 2.45 bits per heavy atom. The Balaban J connectivity index is 1.77. The lowest BCUT2D eigenvalue weighted by Gasteiger charge is -2.41. The molecule has 1 atom stereocenters. The first-order valence-electron chi connectivity index (χ1n) is 7.36. The molecule has 3 rings (SSSR count). The zero-order chi connectivity index (χ0) is 14.1. The van der Waals surface area contributed by atoms with Gasteiger partial charge < -0.3 is 4.74 Å². The molecule has 20 heavy (non-hydrogen) atoms. The first kappa shape index (κ1) is 13.8. The normalized spacial score (nSPS) is 30.4. The average molecular weight is 282 g/mol. The molecule has 3 saturated heterocycles. The quantitative estimate of drug-likeness (QED) is 0.637. The van der Waals surface area contributed by atoms with Crippen molar-refractivity contribution in [2.45, 2.75) is 25.8 Å². The van der Waals surface area contributed by atoms with E-state index in [1.807, 2.05) is 11.9 Å². The van der Waals surface area contributed by atoms with Gasteiger partial charge in [-0.15, -0.1) is 0 Å². The summed E-state index contributed by atoms with van der Waals surface area (Å²) in [5.74, 6) is 0.0448. The Kier molecular flexibility index (Phi) is 3.91. The van der Waals surface area contributed by atoms with Crippen LogP contribution in [0, 0.1) is 0 Å². The standard InChI is InChI=1S/C13H22N4O3/c1-11-3-2-4-16-12(18)9-15(10-13(19)17(11)16)14-5-7-20-8-6-14/h11H,2-10H2,1H3/t11-/m1/s1. The van der Waals surface area contributed by atoms with Gasteiger partial charge in [0, 0.05) is 19.6 Å². The van der Waals surface area contributed by atoms with E-state index < -0.39 is 0 Å². The van der Waals surface area contributed by atoms with E-state index in [0.717, 1.165) is 25.9 Å². The van der Waals surface area contributed by atoms with Gasteiger partial charge in [0.05, 0.1) is 32.3 Å². The van der Waals surface area contributed by atoms with Crippen LogP contribution in [0.3, 0.4) is 0 Å². The van der Waals surface area contributed by atoms with Crippen molar-refractivity contribution in [3.05, 3.63) is 0 Å². The minimum Gasteiger partial charge on any atom is -0.379 e. The van der Waals surface area contributed by atoms with Crippen molar-refractivity contribution in [3.63, 3.8) is 0 Å². The van der Waals surface area contributed by atoms with Crippen LogP contribution in [0.1, 0.15) is 19.8 Å². The van der Waals surface area contributed by atoms with Crippen LogP contribution >= 0.6 is 0 Å². The Labute approximate surface area is 119 Å². The zero-order valence-electron chi connectivity index (χ0n) is 12.0. The zero-order valence-corrected chi connectivity index (χ0v) is 12.0. The summed E-state index contributed by atoms with van der Waals surface area (Å²) in [7, 11) is 0. The third-order valence-electron chi connectivity index (χ3n) is 4.24. The van der Waals surface area contributed by atoms with E-state index in [4.69, 9.17) is 4.74 Å². The van der Waals surface area contributed by atoms with Gasteiger partial charge in [0.25, 0.3) is 11.8 Å². The third kappa shape index (κ3) is 2.53. The molecule has 0 radical (unpaired) electrons. The molecule has 0 aromatic rings. The number of nitrogens with zero attached hydrogens (tertiary/aromatic N) is 4. The van der Waals surface area contributed by atoms with Crippen molar-refractivity contribution >= 4 is 11.8 Å². The third-order valence-corrected chi connectivity index (χ3v) is 4.24. The number of amides is 2. The number of hydrazine groups is 2. The van der Waals surface area contributed by atoms with Crippen LogP contribution in [0.2, 0.25) is 0 Å². The van der Waals surface area contributed by atoms with Gasteiger partial charge in [-0.2, -0.15) is 0 Å². The predicted octanol–water partition coefficient (Wildman–Crippen LogP) is -0.696. The average Bonchev–Trinajstić information content (AvgIpc) is 2.59. The van der Waals surface area contributed by atoms with Crippen LogP contribution in [-0.2, 0) is 14.3 Å². The van der Waals surface area contributed by atoms with E-state index in [0.29, 0.717) is 19.8 Å². The van der Waals surface area contributed by atoms with Crippen LogP contribution in [-0.4, -0.2) is 83.8 Å². The van der Waals surface area contributed by atoms with E-state index in [1.165, 1.54) is 0 Å². The van der Waals surface area contributed by atoms with Crippen molar-refractivity contribution in [1.82, 2.24) is 20.0 Å². The van der Waals surface area contributed by atoms with Gasteiger partial charge in [0.15, 0.2) is 0 Å². The summed E-state index contributed by atoms with van der Waals surface area (Å²) in [5.41, 5.74) is 0. The Morgan fingerprint density at radius 1 is 1.00 bits per heavy atom. The number of fused-ring (bicyclic) bond motifs is 1. The first-order chi connectivity index (χ1) is 9.66. The van der Waals surface area contributed by atoms with E-state index in [9.17, 15) is 9.59 Å². The van der Waals surface area contributed by atoms with Crippen molar-refractivity contribution < 1.29 is 14.3 Å². The maximum absolute atomic E-state index is 12.5. The molecule has 0 unspecified atom stereocenters. The van der Waals surface area contributed by atoms with Crippen LogP contribution < -0.4 is 0 Å². The van der Waals surface area contributed by atoms with Gasteiger partial charge in [-0.1, -0.05) is 0 Å². The molecule has 3 aliphatic rings. The molecular formula is C13H22N4O3. The van der Waals surface area contributed by atoms with Crippen molar-refractivity contribution in [1.29, 1.82) is 0 Å². The molecule has 0 aliphatic carbocycles.